The monoisotopic (exact) mass is 413 g/mol. The van der Waals surface area contributed by atoms with E-state index >= 15 is 0 Å². The Bertz CT molecular complexity index is 779. The van der Waals surface area contributed by atoms with Crippen molar-refractivity contribution in [1.82, 2.24) is 4.98 Å². The first-order valence-corrected chi connectivity index (χ1v) is 10.6. The summed E-state index contributed by atoms with van der Waals surface area (Å²) in [6, 6.07) is 10.1. The third-order valence-corrected chi connectivity index (χ3v) is 6.20. The Morgan fingerprint density at radius 1 is 1.17 bits per heavy atom. The molecule has 122 valence electrons. The van der Waals surface area contributed by atoms with E-state index in [1.54, 1.807) is 42.6 Å². The first-order chi connectivity index (χ1) is 11.1. The molecule has 0 saturated carbocycles. The highest BCUT2D eigenvalue weighted by Crippen LogP contribution is 2.30. The highest BCUT2D eigenvalue weighted by Gasteiger charge is 2.21. The first kappa shape index (κ1) is 16.6. The molecule has 1 aliphatic heterocycles. The molecule has 0 aliphatic carbocycles. The Morgan fingerprint density at radius 3 is 2.57 bits per heavy atom. The number of halogens is 1. The van der Waals surface area contributed by atoms with Crippen molar-refractivity contribution in [2.75, 3.05) is 34.2 Å². The van der Waals surface area contributed by atoms with Crippen molar-refractivity contribution < 1.29 is 8.42 Å². The standard InChI is InChI=1S/C15H16BrN3O2S2/c16-12-10-14(15(17-11-12)19-6-8-22-9-7-19)18-23(20,21)13-4-2-1-3-5-13/h1-5,10-11,18H,6-9H2. The van der Waals surface area contributed by atoms with Gasteiger partial charge in [0.2, 0.25) is 0 Å². The van der Waals surface area contributed by atoms with Crippen molar-refractivity contribution in [3.05, 3.63) is 47.1 Å². The van der Waals surface area contributed by atoms with Crippen LogP contribution in [0.5, 0.6) is 0 Å². The van der Waals surface area contributed by atoms with Gasteiger partial charge >= 0.3 is 0 Å². The molecule has 0 bridgehead atoms. The summed E-state index contributed by atoms with van der Waals surface area (Å²) < 4.78 is 28.5. The summed E-state index contributed by atoms with van der Waals surface area (Å²) in [5.41, 5.74) is 0.495. The Hall–Kier alpha value is -1.25. The number of hydrogen-bond donors (Lipinski definition) is 1. The number of nitrogens with zero attached hydrogens (tertiary/aromatic N) is 2. The lowest BCUT2D eigenvalue weighted by atomic mass is 10.3. The molecule has 1 aliphatic rings. The van der Waals surface area contributed by atoms with Crippen LogP contribution in [0.15, 0.2) is 52.0 Å². The number of nitrogens with one attached hydrogen (secondary N) is 1. The summed E-state index contributed by atoms with van der Waals surface area (Å²) in [5.74, 6) is 2.71. The van der Waals surface area contributed by atoms with Gasteiger partial charge in [-0.05, 0) is 34.1 Å². The number of anilines is 2. The van der Waals surface area contributed by atoms with Crippen molar-refractivity contribution in [2.24, 2.45) is 0 Å². The number of benzene rings is 1. The van der Waals surface area contributed by atoms with Gasteiger partial charge in [0.1, 0.15) is 0 Å². The first-order valence-electron chi connectivity index (χ1n) is 7.12. The van der Waals surface area contributed by atoms with Crippen LogP contribution in [0, 0.1) is 0 Å². The highest BCUT2D eigenvalue weighted by molar-refractivity contribution is 9.10. The topological polar surface area (TPSA) is 62.3 Å². The van der Waals surface area contributed by atoms with Gasteiger partial charge in [-0.25, -0.2) is 13.4 Å². The minimum Gasteiger partial charge on any atom is -0.353 e. The van der Waals surface area contributed by atoms with E-state index in [0.717, 1.165) is 29.1 Å². The zero-order valence-corrected chi connectivity index (χ0v) is 15.5. The van der Waals surface area contributed by atoms with E-state index in [1.807, 2.05) is 11.8 Å². The SMILES string of the molecule is O=S(=O)(Nc1cc(Br)cnc1N1CCSCC1)c1ccccc1. The number of hydrogen-bond acceptors (Lipinski definition) is 5. The van der Waals surface area contributed by atoms with Crippen LogP contribution in [0.4, 0.5) is 11.5 Å². The molecule has 1 N–H and O–H groups in total. The second-order valence-corrected chi connectivity index (χ2v) is 8.87. The van der Waals surface area contributed by atoms with Crippen LogP contribution in [0.25, 0.3) is 0 Å². The van der Waals surface area contributed by atoms with Crippen LogP contribution in [0.1, 0.15) is 0 Å². The fourth-order valence-corrected chi connectivity index (χ4v) is 4.65. The molecule has 1 fully saturated rings. The summed E-state index contributed by atoms with van der Waals surface area (Å²) in [4.78, 5) is 6.78. The fraction of sp³-hybridized carbons (Fsp3) is 0.267. The molecule has 23 heavy (non-hydrogen) atoms. The molecular formula is C15H16BrN3O2S2. The molecule has 0 radical (unpaired) electrons. The van der Waals surface area contributed by atoms with Crippen molar-refractivity contribution in [2.45, 2.75) is 4.90 Å². The maximum atomic E-state index is 12.6. The van der Waals surface area contributed by atoms with E-state index in [4.69, 9.17) is 0 Å². The molecule has 0 atom stereocenters. The summed E-state index contributed by atoms with van der Waals surface area (Å²) in [6.45, 7) is 1.72. The molecule has 1 aromatic carbocycles. The van der Waals surface area contributed by atoms with Crippen LogP contribution in [0.2, 0.25) is 0 Å². The van der Waals surface area contributed by atoms with Crippen LogP contribution in [0.3, 0.4) is 0 Å². The maximum absolute atomic E-state index is 12.6. The lowest BCUT2D eigenvalue weighted by Gasteiger charge is -2.29. The third kappa shape index (κ3) is 3.99. The molecule has 3 rings (SSSR count). The van der Waals surface area contributed by atoms with Crippen molar-refractivity contribution in [3.63, 3.8) is 0 Å². The molecule has 2 heterocycles. The second kappa shape index (κ2) is 7.11. The van der Waals surface area contributed by atoms with Crippen LogP contribution >= 0.6 is 27.7 Å². The van der Waals surface area contributed by atoms with Gasteiger partial charge in [0.25, 0.3) is 10.0 Å². The quantitative estimate of drug-likeness (QED) is 0.833. The lowest BCUT2D eigenvalue weighted by molar-refractivity contribution is 0.601. The Labute approximate surface area is 148 Å². The van der Waals surface area contributed by atoms with Crippen LogP contribution in [-0.2, 0) is 10.0 Å². The van der Waals surface area contributed by atoms with Gasteiger partial charge in [-0.2, -0.15) is 11.8 Å². The largest absolute Gasteiger partial charge is 0.353 e. The number of rotatable bonds is 4. The average molecular weight is 414 g/mol. The molecule has 0 spiro atoms. The normalized spacial score (nSPS) is 15.4. The van der Waals surface area contributed by atoms with Gasteiger partial charge in [0, 0.05) is 35.3 Å². The smallest absolute Gasteiger partial charge is 0.262 e. The Balaban J connectivity index is 1.94. The van der Waals surface area contributed by atoms with E-state index in [0.29, 0.717) is 11.5 Å². The number of aromatic nitrogens is 1. The number of sulfonamides is 1. The van der Waals surface area contributed by atoms with E-state index < -0.39 is 10.0 Å². The van der Waals surface area contributed by atoms with Gasteiger partial charge in [-0.1, -0.05) is 18.2 Å². The summed E-state index contributed by atoms with van der Waals surface area (Å²) in [6.07, 6.45) is 1.69. The third-order valence-electron chi connectivity index (χ3n) is 3.44. The zero-order valence-electron chi connectivity index (χ0n) is 12.3. The zero-order chi connectivity index (χ0) is 16.3. The van der Waals surface area contributed by atoms with Crippen LogP contribution < -0.4 is 9.62 Å². The summed E-state index contributed by atoms with van der Waals surface area (Å²) >= 11 is 5.26. The van der Waals surface area contributed by atoms with Gasteiger partial charge in [0.15, 0.2) is 5.82 Å². The van der Waals surface area contributed by atoms with E-state index in [9.17, 15) is 8.42 Å². The predicted molar refractivity (Wildman–Crippen MR) is 98.7 cm³/mol. The Kier molecular flexibility index (Phi) is 5.13. The molecule has 1 saturated heterocycles. The molecule has 0 unspecified atom stereocenters. The average Bonchev–Trinajstić information content (AvgIpc) is 2.56. The molecule has 5 nitrogen and oxygen atoms in total. The molecule has 1 aromatic heterocycles. The highest BCUT2D eigenvalue weighted by atomic mass is 79.9. The number of pyridine rings is 1. The second-order valence-electron chi connectivity index (χ2n) is 5.04. The maximum Gasteiger partial charge on any atom is 0.262 e. The number of thioether (sulfide) groups is 1. The molecular weight excluding hydrogens is 398 g/mol. The molecule has 8 heteroatoms. The molecule has 0 amide bonds. The van der Waals surface area contributed by atoms with Crippen LogP contribution in [-0.4, -0.2) is 38.0 Å². The van der Waals surface area contributed by atoms with Crippen molar-refractivity contribution in [3.8, 4) is 0 Å². The van der Waals surface area contributed by atoms with Gasteiger partial charge in [-0.15, -0.1) is 0 Å². The fourth-order valence-electron chi connectivity index (χ4n) is 2.34. The predicted octanol–water partition coefficient (Wildman–Crippen LogP) is 3.20. The van der Waals surface area contributed by atoms with Crippen molar-refractivity contribution >= 4 is 49.2 Å². The van der Waals surface area contributed by atoms with E-state index in [2.05, 4.69) is 30.5 Å². The molecule has 2 aromatic rings. The van der Waals surface area contributed by atoms with Crippen molar-refractivity contribution in [1.29, 1.82) is 0 Å². The lowest BCUT2D eigenvalue weighted by Crippen LogP contribution is -2.34. The van der Waals surface area contributed by atoms with Gasteiger partial charge in [0.05, 0.1) is 10.6 Å². The Morgan fingerprint density at radius 2 is 1.87 bits per heavy atom. The van der Waals surface area contributed by atoms with Gasteiger partial charge in [-0.3, -0.25) is 4.72 Å². The summed E-state index contributed by atoms with van der Waals surface area (Å²) in [7, 11) is -3.63. The minimum atomic E-state index is -3.63. The van der Waals surface area contributed by atoms with Gasteiger partial charge < -0.3 is 4.90 Å². The van der Waals surface area contributed by atoms with E-state index in [1.165, 1.54) is 0 Å². The summed E-state index contributed by atoms with van der Waals surface area (Å²) in [5, 5.41) is 0. The van der Waals surface area contributed by atoms with E-state index in [-0.39, 0.29) is 4.90 Å². The minimum absolute atomic E-state index is 0.236.